The van der Waals surface area contributed by atoms with Crippen molar-refractivity contribution in [3.05, 3.63) is 77.6 Å². The second-order valence-electron chi connectivity index (χ2n) is 8.60. The molecule has 1 fully saturated rings. The van der Waals surface area contributed by atoms with E-state index in [1.54, 1.807) is 4.90 Å². The van der Waals surface area contributed by atoms with Crippen molar-refractivity contribution >= 4 is 17.8 Å². The predicted molar refractivity (Wildman–Crippen MR) is 130 cm³/mol. The lowest BCUT2D eigenvalue weighted by atomic mass is 9.97. The predicted octanol–water partition coefficient (Wildman–Crippen LogP) is 1.73. The number of ether oxygens (including phenoxy) is 1. The summed E-state index contributed by atoms with van der Waals surface area (Å²) < 4.78 is 5.25. The van der Waals surface area contributed by atoms with Gasteiger partial charge in [-0.15, -0.1) is 0 Å². The number of aliphatic carboxylic acids is 1. The normalized spacial score (nSPS) is 15.2. The Hall–Kier alpha value is -4.02. The average molecular weight is 493 g/mol. The molecule has 2 atom stereocenters. The Labute approximate surface area is 207 Å². The Bertz CT molecular complexity index is 1190. The van der Waals surface area contributed by atoms with E-state index in [4.69, 9.17) is 9.84 Å². The largest absolute Gasteiger partial charge is 0.479 e. The number of hydrogen-bond donors (Lipinski definition) is 4. The SMILES string of the molecule is O=C(NC(Cc1ccc(-c2ccccc2)cc1)C[C@@H](O)C(=O)O)c1cc(C(=O)N2CCOCC2)n[nH]1. The number of aromatic nitrogens is 2. The lowest BCUT2D eigenvalue weighted by molar-refractivity contribution is -0.147. The quantitative estimate of drug-likeness (QED) is 0.356. The molecule has 0 saturated carbocycles. The summed E-state index contributed by atoms with van der Waals surface area (Å²) in [4.78, 5) is 38.3. The first kappa shape index (κ1) is 25.1. The molecular weight excluding hydrogens is 464 g/mol. The number of hydrogen-bond acceptors (Lipinski definition) is 6. The molecule has 4 rings (SSSR count). The van der Waals surface area contributed by atoms with Gasteiger partial charge < -0.3 is 25.2 Å². The molecule has 4 N–H and O–H groups in total. The number of H-pyrrole nitrogens is 1. The first-order valence-electron chi connectivity index (χ1n) is 11.7. The van der Waals surface area contributed by atoms with Crippen LogP contribution in [0, 0.1) is 0 Å². The molecule has 1 unspecified atom stereocenters. The summed E-state index contributed by atoms with van der Waals surface area (Å²) in [5, 5.41) is 28.4. The van der Waals surface area contributed by atoms with Crippen molar-refractivity contribution in [1.29, 1.82) is 0 Å². The maximum Gasteiger partial charge on any atom is 0.332 e. The molecule has 1 saturated heterocycles. The van der Waals surface area contributed by atoms with Crippen LogP contribution in [-0.2, 0) is 16.0 Å². The molecule has 1 aromatic heterocycles. The first-order chi connectivity index (χ1) is 17.4. The molecule has 188 valence electrons. The minimum atomic E-state index is -1.64. The van der Waals surface area contributed by atoms with Crippen molar-refractivity contribution in [2.45, 2.75) is 25.0 Å². The van der Waals surface area contributed by atoms with Crippen LogP contribution >= 0.6 is 0 Å². The number of carboxylic acids is 1. The number of aromatic amines is 1. The summed E-state index contributed by atoms with van der Waals surface area (Å²) in [5.74, 6) is -2.22. The lowest BCUT2D eigenvalue weighted by Gasteiger charge is -2.25. The van der Waals surface area contributed by atoms with E-state index >= 15 is 0 Å². The number of nitrogens with zero attached hydrogens (tertiary/aromatic N) is 2. The van der Waals surface area contributed by atoms with Crippen LogP contribution in [0.2, 0.25) is 0 Å². The Balaban J connectivity index is 1.44. The highest BCUT2D eigenvalue weighted by Crippen LogP contribution is 2.20. The smallest absolute Gasteiger partial charge is 0.332 e. The van der Waals surface area contributed by atoms with Crippen molar-refractivity contribution < 1.29 is 29.3 Å². The van der Waals surface area contributed by atoms with Crippen molar-refractivity contribution in [2.75, 3.05) is 26.3 Å². The van der Waals surface area contributed by atoms with Gasteiger partial charge in [-0.05, 0) is 23.1 Å². The van der Waals surface area contributed by atoms with Crippen molar-refractivity contribution in [1.82, 2.24) is 20.4 Å². The highest BCUT2D eigenvalue weighted by molar-refractivity contribution is 5.97. The number of benzene rings is 2. The fraction of sp³-hybridized carbons (Fsp3) is 0.308. The average Bonchev–Trinajstić information content (AvgIpc) is 3.40. The van der Waals surface area contributed by atoms with E-state index in [1.165, 1.54) is 6.07 Å². The molecule has 36 heavy (non-hydrogen) atoms. The van der Waals surface area contributed by atoms with E-state index in [0.29, 0.717) is 32.7 Å². The van der Waals surface area contributed by atoms with E-state index < -0.39 is 24.0 Å². The van der Waals surface area contributed by atoms with Gasteiger partial charge in [-0.3, -0.25) is 14.7 Å². The van der Waals surface area contributed by atoms with Crippen LogP contribution in [0.25, 0.3) is 11.1 Å². The number of carboxylic acid groups (broad SMARTS) is 1. The van der Waals surface area contributed by atoms with Gasteiger partial charge in [-0.2, -0.15) is 5.10 Å². The fourth-order valence-corrected chi connectivity index (χ4v) is 4.05. The summed E-state index contributed by atoms with van der Waals surface area (Å²) in [6.07, 6.45) is -1.52. The maximum atomic E-state index is 12.9. The van der Waals surface area contributed by atoms with Gasteiger partial charge in [-0.25, -0.2) is 4.79 Å². The lowest BCUT2D eigenvalue weighted by Crippen LogP contribution is -2.41. The van der Waals surface area contributed by atoms with E-state index in [0.717, 1.165) is 16.7 Å². The number of carbonyl (C=O) groups excluding carboxylic acids is 2. The maximum absolute atomic E-state index is 12.9. The second-order valence-corrected chi connectivity index (χ2v) is 8.60. The molecule has 2 aromatic carbocycles. The summed E-state index contributed by atoms with van der Waals surface area (Å²) in [7, 11) is 0. The Morgan fingerprint density at radius 1 is 1.03 bits per heavy atom. The molecule has 1 aliphatic heterocycles. The number of aliphatic hydroxyl groups is 1. The van der Waals surface area contributed by atoms with Crippen LogP contribution in [-0.4, -0.2) is 81.5 Å². The van der Waals surface area contributed by atoms with Crippen LogP contribution < -0.4 is 5.32 Å². The molecule has 0 spiro atoms. The summed E-state index contributed by atoms with van der Waals surface area (Å²) in [5.41, 5.74) is 3.14. The van der Waals surface area contributed by atoms with Crippen molar-refractivity contribution in [2.24, 2.45) is 0 Å². The molecular formula is C26H28N4O6. The molecule has 10 nitrogen and oxygen atoms in total. The van der Waals surface area contributed by atoms with Crippen LogP contribution in [0.4, 0.5) is 0 Å². The number of rotatable bonds is 9. The van der Waals surface area contributed by atoms with E-state index in [-0.39, 0.29) is 23.7 Å². The number of aliphatic hydroxyl groups excluding tert-OH is 1. The molecule has 1 aliphatic rings. The molecule has 0 aliphatic carbocycles. The number of nitrogens with one attached hydrogen (secondary N) is 2. The topological polar surface area (TPSA) is 145 Å². The summed E-state index contributed by atoms with van der Waals surface area (Å²) >= 11 is 0. The van der Waals surface area contributed by atoms with Crippen LogP contribution in [0.15, 0.2) is 60.7 Å². The van der Waals surface area contributed by atoms with Gasteiger partial charge in [0.2, 0.25) is 0 Å². The van der Waals surface area contributed by atoms with Crippen LogP contribution in [0.3, 0.4) is 0 Å². The molecule has 0 radical (unpaired) electrons. The van der Waals surface area contributed by atoms with E-state index in [1.807, 2.05) is 54.6 Å². The Kier molecular flexibility index (Phi) is 8.09. The fourth-order valence-electron chi connectivity index (χ4n) is 4.05. The molecule has 0 bridgehead atoms. The van der Waals surface area contributed by atoms with E-state index in [9.17, 15) is 19.5 Å². The van der Waals surface area contributed by atoms with Crippen LogP contribution in [0.1, 0.15) is 33.0 Å². The van der Waals surface area contributed by atoms with Gasteiger partial charge >= 0.3 is 5.97 Å². The number of amides is 2. The summed E-state index contributed by atoms with van der Waals surface area (Å²) in [6, 6.07) is 18.3. The zero-order valence-electron chi connectivity index (χ0n) is 19.6. The number of morpholine rings is 1. The van der Waals surface area contributed by atoms with Gasteiger partial charge in [0.25, 0.3) is 11.8 Å². The van der Waals surface area contributed by atoms with E-state index in [2.05, 4.69) is 15.5 Å². The standard InChI is InChI=1S/C26H28N4O6/c31-23(26(34)35)15-20(14-17-6-8-19(9-7-17)18-4-2-1-3-5-18)27-24(32)21-16-22(29-28-21)25(33)30-10-12-36-13-11-30/h1-9,16,20,23,31H,10-15H2,(H,27,32)(H,28,29)(H,34,35)/t20?,23-/m1/s1. The zero-order valence-corrected chi connectivity index (χ0v) is 19.6. The monoisotopic (exact) mass is 492 g/mol. The molecule has 3 aromatic rings. The minimum absolute atomic E-state index is 0.0702. The van der Waals surface area contributed by atoms with Crippen molar-refractivity contribution in [3.8, 4) is 11.1 Å². The van der Waals surface area contributed by atoms with Gasteiger partial charge in [0.15, 0.2) is 11.8 Å². The van der Waals surface area contributed by atoms with Gasteiger partial charge in [0, 0.05) is 31.6 Å². The minimum Gasteiger partial charge on any atom is -0.479 e. The third-order valence-corrected chi connectivity index (χ3v) is 6.01. The first-order valence-corrected chi connectivity index (χ1v) is 11.7. The number of carbonyl (C=O) groups is 3. The van der Waals surface area contributed by atoms with Gasteiger partial charge in [-0.1, -0.05) is 54.6 Å². The Morgan fingerprint density at radius 3 is 2.36 bits per heavy atom. The molecule has 10 heteroatoms. The summed E-state index contributed by atoms with van der Waals surface area (Å²) in [6.45, 7) is 1.80. The molecule has 2 heterocycles. The highest BCUT2D eigenvalue weighted by Gasteiger charge is 2.25. The van der Waals surface area contributed by atoms with Crippen LogP contribution in [0.5, 0.6) is 0 Å². The second kappa shape index (κ2) is 11.6. The van der Waals surface area contributed by atoms with Gasteiger partial charge in [0.1, 0.15) is 5.69 Å². The Morgan fingerprint density at radius 2 is 1.69 bits per heavy atom. The highest BCUT2D eigenvalue weighted by atomic mass is 16.5. The van der Waals surface area contributed by atoms with Crippen molar-refractivity contribution in [3.63, 3.8) is 0 Å². The third-order valence-electron chi connectivity index (χ3n) is 6.01. The zero-order chi connectivity index (χ0) is 25.5. The van der Waals surface area contributed by atoms with Gasteiger partial charge in [0.05, 0.1) is 13.2 Å². The third kappa shape index (κ3) is 6.35. The molecule has 2 amide bonds.